The number of methoxy groups -OCH3 is 1. The van der Waals surface area contributed by atoms with Gasteiger partial charge in [-0.15, -0.1) is 0 Å². The van der Waals surface area contributed by atoms with Gasteiger partial charge >= 0.3 is 0 Å². The molecule has 1 aromatic heterocycles. The topological polar surface area (TPSA) is 65.4 Å². The fourth-order valence-corrected chi connectivity index (χ4v) is 3.00. The SMILES string of the molecule is CCn1ccc(CNC(=O)c2ccc(OC)c(COc3cc(C)ccc3C)c2)n1. The van der Waals surface area contributed by atoms with Crippen LogP contribution in [0.25, 0.3) is 0 Å². The summed E-state index contributed by atoms with van der Waals surface area (Å²) >= 11 is 0. The molecular weight excluding hydrogens is 366 g/mol. The third-order valence-corrected chi connectivity index (χ3v) is 4.72. The number of nitrogens with one attached hydrogen (secondary N) is 1. The zero-order chi connectivity index (χ0) is 20.8. The van der Waals surface area contributed by atoms with E-state index >= 15 is 0 Å². The number of rotatable bonds is 8. The van der Waals surface area contributed by atoms with Crippen LogP contribution in [0.15, 0.2) is 48.7 Å². The van der Waals surface area contributed by atoms with Crippen LogP contribution in [0.2, 0.25) is 0 Å². The number of amides is 1. The number of hydrogen-bond acceptors (Lipinski definition) is 4. The Hall–Kier alpha value is -3.28. The van der Waals surface area contributed by atoms with Gasteiger partial charge in [0.05, 0.1) is 19.3 Å². The maximum atomic E-state index is 12.6. The van der Waals surface area contributed by atoms with Gasteiger partial charge in [-0.1, -0.05) is 12.1 Å². The minimum absolute atomic E-state index is 0.160. The first kappa shape index (κ1) is 20.5. The summed E-state index contributed by atoms with van der Waals surface area (Å²) in [6.45, 7) is 7.56. The van der Waals surface area contributed by atoms with Gasteiger partial charge in [0.15, 0.2) is 0 Å². The van der Waals surface area contributed by atoms with Gasteiger partial charge in [0.25, 0.3) is 5.91 Å². The number of hydrogen-bond donors (Lipinski definition) is 1. The van der Waals surface area contributed by atoms with E-state index in [4.69, 9.17) is 9.47 Å². The van der Waals surface area contributed by atoms with E-state index in [0.29, 0.717) is 24.5 Å². The van der Waals surface area contributed by atoms with E-state index in [0.717, 1.165) is 34.7 Å². The Labute approximate surface area is 171 Å². The molecule has 2 aromatic carbocycles. The molecule has 1 N–H and O–H groups in total. The molecule has 0 atom stereocenters. The molecule has 29 heavy (non-hydrogen) atoms. The maximum Gasteiger partial charge on any atom is 0.251 e. The standard InChI is InChI=1S/C23H27N3O3/c1-5-26-11-10-20(25-26)14-24-23(27)18-8-9-21(28-4)19(13-18)15-29-22-12-16(2)6-7-17(22)3/h6-13H,5,14-15H2,1-4H3,(H,24,27). The van der Waals surface area contributed by atoms with Gasteiger partial charge in [0.1, 0.15) is 18.1 Å². The lowest BCUT2D eigenvalue weighted by Crippen LogP contribution is -2.23. The van der Waals surface area contributed by atoms with E-state index in [1.807, 2.05) is 55.9 Å². The molecule has 3 rings (SSSR count). The molecule has 0 fully saturated rings. The van der Waals surface area contributed by atoms with Gasteiger partial charge in [-0.05, 0) is 62.2 Å². The fraction of sp³-hybridized carbons (Fsp3) is 0.304. The third-order valence-electron chi connectivity index (χ3n) is 4.72. The van der Waals surface area contributed by atoms with Gasteiger partial charge in [-0.2, -0.15) is 5.10 Å². The largest absolute Gasteiger partial charge is 0.496 e. The maximum absolute atomic E-state index is 12.6. The van der Waals surface area contributed by atoms with Gasteiger partial charge in [-0.3, -0.25) is 9.48 Å². The normalized spacial score (nSPS) is 10.6. The highest BCUT2D eigenvalue weighted by Crippen LogP contribution is 2.25. The monoisotopic (exact) mass is 393 g/mol. The molecule has 6 nitrogen and oxygen atoms in total. The molecule has 0 bridgehead atoms. The van der Waals surface area contributed by atoms with Crippen LogP contribution < -0.4 is 14.8 Å². The predicted octanol–water partition coefficient (Wildman–Crippen LogP) is 4.04. The smallest absolute Gasteiger partial charge is 0.251 e. The quantitative estimate of drug-likeness (QED) is 0.627. The van der Waals surface area contributed by atoms with Crippen LogP contribution in [0, 0.1) is 13.8 Å². The highest BCUT2D eigenvalue weighted by molar-refractivity contribution is 5.94. The van der Waals surface area contributed by atoms with Gasteiger partial charge in [0.2, 0.25) is 0 Å². The summed E-state index contributed by atoms with van der Waals surface area (Å²) in [7, 11) is 1.61. The van der Waals surface area contributed by atoms with Crippen molar-refractivity contribution in [3.63, 3.8) is 0 Å². The van der Waals surface area contributed by atoms with Crippen molar-refractivity contribution in [3.8, 4) is 11.5 Å². The molecule has 1 amide bonds. The van der Waals surface area contributed by atoms with E-state index in [2.05, 4.69) is 16.5 Å². The summed E-state index contributed by atoms with van der Waals surface area (Å²) in [5.74, 6) is 1.36. The fourth-order valence-electron chi connectivity index (χ4n) is 3.00. The third kappa shape index (κ3) is 5.16. The second-order valence-corrected chi connectivity index (χ2v) is 6.93. The second-order valence-electron chi connectivity index (χ2n) is 6.93. The van der Waals surface area contributed by atoms with Crippen LogP contribution in [0.1, 0.15) is 39.7 Å². The van der Waals surface area contributed by atoms with E-state index in [1.54, 1.807) is 19.2 Å². The molecule has 1 heterocycles. The van der Waals surface area contributed by atoms with E-state index in [9.17, 15) is 4.79 Å². The molecule has 0 aliphatic heterocycles. The van der Waals surface area contributed by atoms with Crippen molar-refractivity contribution in [2.75, 3.05) is 7.11 Å². The van der Waals surface area contributed by atoms with Gasteiger partial charge in [0, 0.05) is 23.9 Å². The molecule has 0 radical (unpaired) electrons. The molecule has 0 aliphatic rings. The van der Waals surface area contributed by atoms with Crippen molar-refractivity contribution in [1.82, 2.24) is 15.1 Å². The summed E-state index contributed by atoms with van der Waals surface area (Å²) in [6.07, 6.45) is 1.90. The molecule has 152 valence electrons. The zero-order valence-electron chi connectivity index (χ0n) is 17.4. The van der Waals surface area contributed by atoms with Crippen molar-refractivity contribution < 1.29 is 14.3 Å². The summed E-state index contributed by atoms with van der Waals surface area (Å²) in [6, 6.07) is 13.4. The molecule has 0 unspecified atom stereocenters. The molecular formula is C23H27N3O3. The molecule has 0 aliphatic carbocycles. The first-order valence-corrected chi connectivity index (χ1v) is 9.67. The highest BCUT2D eigenvalue weighted by Gasteiger charge is 2.12. The average Bonchev–Trinajstić information content (AvgIpc) is 3.20. The van der Waals surface area contributed by atoms with E-state index < -0.39 is 0 Å². The first-order valence-electron chi connectivity index (χ1n) is 9.67. The number of aryl methyl sites for hydroxylation is 3. The second kappa shape index (κ2) is 9.28. The lowest BCUT2D eigenvalue weighted by molar-refractivity contribution is 0.0950. The van der Waals surface area contributed by atoms with Gasteiger partial charge < -0.3 is 14.8 Å². The summed E-state index contributed by atoms with van der Waals surface area (Å²) in [5.41, 5.74) is 4.40. The molecule has 3 aromatic rings. The summed E-state index contributed by atoms with van der Waals surface area (Å²) in [4.78, 5) is 12.6. The van der Waals surface area contributed by atoms with Crippen molar-refractivity contribution in [1.29, 1.82) is 0 Å². The number of carbonyl (C=O) groups excluding carboxylic acids is 1. The van der Waals surface area contributed by atoms with E-state index in [-0.39, 0.29) is 5.91 Å². The lowest BCUT2D eigenvalue weighted by atomic mass is 10.1. The Balaban J connectivity index is 1.70. The molecule has 0 saturated heterocycles. The average molecular weight is 393 g/mol. The van der Waals surface area contributed by atoms with Crippen molar-refractivity contribution in [2.24, 2.45) is 0 Å². The van der Waals surface area contributed by atoms with E-state index in [1.165, 1.54) is 0 Å². The van der Waals surface area contributed by atoms with Crippen LogP contribution in [0.3, 0.4) is 0 Å². The molecule has 6 heteroatoms. The van der Waals surface area contributed by atoms with Crippen LogP contribution in [0.4, 0.5) is 0 Å². The van der Waals surface area contributed by atoms with Crippen LogP contribution in [-0.2, 0) is 19.7 Å². The number of benzene rings is 2. The Morgan fingerprint density at radius 2 is 1.93 bits per heavy atom. The predicted molar refractivity (Wildman–Crippen MR) is 112 cm³/mol. The summed E-state index contributed by atoms with van der Waals surface area (Å²) in [5, 5.41) is 7.29. The van der Waals surface area contributed by atoms with Crippen molar-refractivity contribution in [3.05, 3.63) is 76.6 Å². The van der Waals surface area contributed by atoms with Crippen LogP contribution in [0.5, 0.6) is 11.5 Å². The first-order chi connectivity index (χ1) is 14.0. The van der Waals surface area contributed by atoms with Crippen molar-refractivity contribution >= 4 is 5.91 Å². The molecule has 0 spiro atoms. The Morgan fingerprint density at radius 3 is 2.66 bits per heavy atom. The Bertz CT molecular complexity index is 995. The summed E-state index contributed by atoms with van der Waals surface area (Å²) < 4.78 is 13.3. The number of ether oxygens (including phenoxy) is 2. The zero-order valence-corrected chi connectivity index (χ0v) is 17.4. The Morgan fingerprint density at radius 1 is 1.10 bits per heavy atom. The van der Waals surface area contributed by atoms with Crippen molar-refractivity contribution in [2.45, 2.75) is 40.5 Å². The molecule has 0 saturated carbocycles. The van der Waals surface area contributed by atoms with Crippen LogP contribution >= 0.6 is 0 Å². The Kier molecular flexibility index (Phi) is 6.54. The lowest BCUT2D eigenvalue weighted by Gasteiger charge is -2.14. The minimum Gasteiger partial charge on any atom is -0.496 e. The highest BCUT2D eigenvalue weighted by atomic mass is 16.5. The number of carbonyl (C=O) groups is 1. The number of aromatic nitrogens is 2. The minimum atomic E-state index is -0.160. The van der Waals surface area contributed by atoms with Gasteiger partial charge in [-0.25, -0.2) is 0 Å². The number of nitrogens with zero attached hydrogens (tertiary/aromatic N) is 2. The van der Waals surface area contributed by atoms with Crippen LogP contribution in [-0.4, -0.2) is 22.8 Å².